The molecule has 0 spiro atoms. The molecule has 6 heteroatoms. The number of terminal acetylenes is 1. The predicted molar refractivity (Wildman–Crippen MR) is 116 cm³/mol. The van der Waals surface area contributed by atoms with Crippen LogP contribution in [0.4, 0.5) is 11.5 Å². The number of nitrogens with one attached hydrogen (secondary N) is 1. The molecule has 1 N–H and O–H groups in total. The fourth-order valence-corrected chi connectivity index (χ4v) is 3.24. The molecule has 0 unspecified atom stereocenters. The van der Waals surface area contributed by atoms with Gasteiger partial charge in [-0.05, 0) is 64.5 Å². The van der Waals surface area contributed by atoms with Crippen molar-refractivity contribution >= 4 is 49.9 Å². The largest absolute Gasteiger partial charge is 0.456 e. The van der Waals surface area contributed by atoms with Gasteiger partial charge in [-0.15, -0.1) is 6.42 Å². The van der Waals surface area contributed by atoms with Crippen molar-refractivity contribution in [2.45, 2.75) is 0 Å². The minimum absolute atomic E-state index is 0.647. The molecule has 4 nitrogen and oxygen atoms in total. The van der Waals surface area contributed by atoms with Gasteiger partial charge in [0.2, 0.25) is 0 Å². The Morgan fingerprint density at radius 2 is 1.86 bits per heavy atom. The lowest BCUT2D eigenvalue weighted by Crippen LogP contribution is -1.97. The van der Waals surface area contributed by atoms with Crippen LogP contribution >= 0.6 is 27.5 Å². The van der Waals surface area contributed by atoms with Gasteiger partial charge in [0.05, 0.1) is 9.99 Å². The summed E-state index contributed by atoms with van der Waals surface area (Å²) in [7, 11) is 0. The first kappa shape index (κ1) is 18.3. The van der Waals surface area contributed by atoms with E-state index in [1.54, 1.807) is 12.1 Å². The van der Waals surface area contributed by atoms with Crippen LogP contribution in [0, 0.1) is 12.3 Å². The number of halogens is 2. The van der Waals surface area contributed by atoms with E-state index in [2.05, 4.69) is 37.1 Å². The lowest BCUT2D eigenvalue weighted by atomic mass is 10.2. The molecular formula is C22H13BrClN3O. The van der Waals surface area contributed by atoms with E-state index in [0.717, 1.165) is 26.6 Å². The van der Waals surface area contributed by atoms with Gasteiger partial charge in [0, 0.05) is 27.7 Å². The van der Waals surface area contributed by atoms with Crippen molar-refractivity contribution in [2.75, 3.05) is 5.32 Å². The zero-order valence-corrected chi connectivity index (χ0v) is 16.8. The number of benzene rings is 3. The maximum absolute atomic E-state index is 5.95. The van der Waals surface area contributed by atoms with Crippen molar-refractivity contribution in [3.05, 3.63) is 82.0 Å². The van der Waals surface area contributed by atoms with Crippen molar-refractivity contribution in [3.8, 4) is 23.8 Å². The minimum Gasteiger partial charge on any atom is -0.456 e. The third-order valence-electron chi connectivity index (χ3n) is 4.02. The Hall–Kier alpha value is -3.07. The van der Waals surface area contributed by atoms with Crippen LogP contribution in [0.5, 0.6) is 11.5 Å². The number of ether oxygens (including phenoxy) is 1. The highest BCUT2D eigenvalue weighted by Crippen LogP contribution is 2.35. The Kier molecular flexibility index (Phi) is 5.16. The summed E-state index contributed by atoms with van der Waals surface area (Å²) < 4.78 is 6.73. The van der Waals surface area contributed by atoms with E-state index in [0.29, 0.717) is 22.3 Å². The summed E-state index contributed by atoms with van der Waals surface area (Å²) in [6.07, 6.45) is 6.99. The molecule has 0 aliphatic carbocycles. The van der Waals surface area contributed by atoms with Crippen LogP contribution in [0.25, 0.3) is 10.9 Å². The van der Waals surface area contributed by atoms with Gasteiger partial charge in [-0.25, -0.2) is 9.97 Å². The monoisotopic (exact) mass is 449 g/mol. The van der Waals surface area contributed by atoms with Gasteiger partial charge in [-0.1, -0.05) is 23.6 Å². The average Bonchev–Trinajstić information content (AvgIpc) is 2.71. The number of fused-ring (bicyclic) bond motifs is 1. The van der Waals surface area contributed by atoms with Crippen molar-refractivity contribution in [2.24, 2.45) is 0 Å². The van der Waals surface area contributed by atoms with Gasteiger partial charge < -0.3 is 10.1 Å². The van der Waals surface area contributed by atoms with Crippen LogP contribution < -0.4 is 10.1 Å². The molecule has 28 heavy (non-hydrogen) atoms. The lowest BCUT2D eigenvalue weighted by molar-refractivity contribution is 0.480. The Morgan fingerprint density at radius 1 is 1.04 bits per heavy atom. The molecule has 0 saturated heterocycles. The number of hydrogen-bond acceptors (Lipinski definition) is 4. The molecule has 0 saturated carbocycles. The van der Waals surface area contributed by atoms with Crippen LogP contribution in [-0.2, 0) is 0 Å². The highest BCUT2D eigenvalue weighted by Gasteiger charge is 2.11. The van der Waals surface area contributed by atoms with E-state index in [1.165, 1.54) is 6.33 Å². The van der Waals surface area contributed by atoms with Crippen molar-refractivity contribution in [1.29, 1.82) is 0 Å². The van der Waals surface area contributed by atoms with Crippen molar-refractivity contribution < 1.29 is 4.74 Å². The number of aromatic nitrogens is 2. The second-order valence-corrected chi connectivity index (χ2v) is 7.22. The lowest BCUT2D eigenvalue weighted by Gasteiger charge is -2.12. The second-order valence-electron chi connectivity index (χ2n) is 5.93. The highest BCUT2D eigenvalue weighted by atomic mass is 79.9. The molecule has 4 rings (SSSR count). The van der Waals surface area contributed by atoms with Gasteiger partial charge in [-0.2, -0.15) is 0 Å². The van der Waals surface area contributed by atoms with Crippen molar-refractivity contribution in [1.82, 2.24) is 9.97 Å². The molecule has 1 heterocycles. The number of rotatable bonds is 4. The number of hydrogen-bond donors (Lipinski definition) is 1. The summed E-state index contributed by atoms with van der Waals surface area (Å²) in [6, 6.07) is 18.6. The summed E-state index contributed by atoms with van der Waals surface area (Å²) in [6.45, 7) is 0. The molecule has 4 aromatic rings. The quantitative estimate of drug-likeness (QED) is 0.358. The highest BCUT2D eigenvalue weighted by molar-refractivity contribution is 9.10. The molecule has 136 valence electrons. The summed E-state index contributed by atoms with van der Waals surface area (Å²) in [5.74, 6) is 4.64. The minimum atomic E-state index is 0.647. The number of nitrogens with zero attached hydrogens (tertiary/aromatic N) is 2. The summed E-state index contributed by atoms with van der Waals surface area (Å²) in [4.78, 5) is 8.74. The molecule has 0 aliphatic heterocycles. The molecule has 0 bridgehead atoms. The topological polar surface area (TPSA) is 47.0 Å². The van der Waals surface area contributed by atoms with Crippen LogP contribution in [0.15, 0.2) is 71.5 Å². The van der Waals surface area contributed by atoms with E-state index >= 15 is 0 Å². The van der Waals surface area contributed by atoms with E-state index < -0.39 is 0 Å². The SMILES string of the molecule is C#Cc1cccc(Nc2ncnc3cc(Oc4ccc(Cl)cc4)c(Br)cc23)c1. The normalized spacial score (nSPS) is 10.5. The first-order valence-electron chi connectivity index (χ1n) is 8.34. The first-order valence-corrected chi connectivity index (χ1v) is 9.51. The summed E-state index contributed by atoms with van der Waals surface area (Å²) in [5, 5.41) is 4.81. The maximum atomic E-state index is 5.95. The van der Waals surface area contributed by atoms with Crippen molar-refractivity contribution in [3.63, 3.8) is 0 Å². The fraction of sp³-hybridized carbons (Fsp3) is 0. The van der Waals surface area contributed by atoms with Crippen LogP contribution in [-0.4, -0.2) is 9.97 Å². The Bertz CT molecular complexity index is 1200. The van der Waals surface area contributed by atoms with Gasteiger partial charge in [0.15, 0.2) is 0 Å². The van der Waals surface area contributed by atoms with Gasteiger partial charge in [0.25, 0.3) is 0 Å². The summed E-state index contributed by atoms with van der Waals surface area (Å²) >= 11 is 9.50. The second kappa shape index (κ2) is 7.89. The molecule has 0 atom stereocenters. The maximum Gasteiger partial charge on any atom is 0.143 e. The molecular weight excluding hydrogens is 438 g/mol. The molecule has 0 amide bonds. The molecule has 0 aliphatic rings. The third kappa shape index (κ3) is 3.94. The van der Waals surface area contributed by atoms with Gasteiger partial charge >= 0.3 is 0 Å². The number of anilines is 2. The molecule has 1 aromatic heterocycles. The van der Waals surface area contributed by atoms with Crippen LogP contribution in [0.2, 0.25) is 5.02 Å². The fourth-order valence-electron chi connectivity index (χ4n) is 2.69. The zero-order chi connectivity index (χ0) is 19.5. The van der Waals surface area contributed by atoms with Gasteiger partial charge in [0.1, 0.15) is 23.6 Å². The Balaban J connectivity index is 1.69. The average molecular weight is 451 g/mol. The summed E-state index contributed by atoms with van der Waals surface area (Å²) in [5.41, 5.74) is 2.40. The smallest absolute Gasteiger partial charge is 0.143 e. The molecule has 3 aromatic carbocycles. The standard InChI is InChI=1S/C22H13BrClN3O/c1-2-14-4-3-5-16(10-14)27-22-18-11-19(23)21(12-20(18)25-13-26-22)28-17-8-6-15(24)7-9-17/h1,3-13H,(H,25,26,27). The van der Waals surface area contributed by atoms with E-state index in [9.17, 15) is 0 Å². The molecule has 0 fully saturated rings. The first-order chi connectivity index (χ1) is 13.6. The van der Waals surface area contributed by atoms with E-state index in [4.69, 9.17) is 22.8 Å². The van der Waals surface area contributed by atoms with Crippen LogP contribution in [0.3, 0.4) is 0 Å². The van der Waals surface area contributed by atoms with E-state index in [-0.39, 0.29) is 0 Å². The van der Waals surface area contributed by atoms with Crippen LogP contribution in [0.1, 0.15) is 5.56 Å². The third-order valence-corrected chi connectivity index (χ3v) is 4.89. The Labute approximate surface area is 175 Å². The zero-order valence-electron chi connectivity index (χ0n) is 14.5. The Morgan fingerprint density at radius 3 is 2.64 bits per heavy atom. The van der Waals surface area contributed by atoms with Gasteiger partial charge in [-0.3, -0.25) is 0 Å². The van der Waals surface area contributed by atoms with E-state index in [1.807, 2.05) is 48.5 Å². The predicted octanol–water partition coefficient (Wildman–Crippen LogP) is 6.56. The molecule has 0 radical (unpaired) electrons.